The molecule has 1 fully saturated rings. The van der Waals surface area contributed by atoms with Crippen molar-refractivity contribution in [3.63, 3.8) is 0 Å². The highest BCUT2D eigenvalue weighted by atomic mass is 16.2. The van der Waals surface area contributed by atoms with Gasteiger partial charge in [-0.15, -0.1) is 0 Å². The number of urea groups is 1. The summed E-state index contributed by atoms with van der Waals surface area (Å²) in [5, 5.41) is 2.61. The van der Waals surface area contributed by atoms with Crippen LogP contribution in [0.5, 0.6) is 0 Å². The van der Waals surface area contributed by atoms with E-state index in [4.69, 9.17) is 0 Å². The van der Waals surface area contributed by atoms with Crippen molar-refractivity contribution in [2.45, 2.75) is 25.8 Å². The van der Waals surface area contributed by atoms with E-state index < -0.39 is 6.04 Å². The van der Waals surface area contributed by atoms with E-state index in [0.29, 0.717) is 5.82 Å². The zero-order valence-electron chi connectivity index (χ0n) is 14.7. The third-order valence-corrected chi connectivity index (χ3v) is 4.89. The number of H-pyrrole nitrogens is 1. The van der Waals surface area contributed by atoms with Gasteiger partial charge in [-0.2, -0.15) is 0 Å². The molecule has 4 rings (SSSR count). The molecule has 26 heavy (non-hydrogen) atoms. The van der Waals surface area contributed by atoms with Crippen molar-refractivity contribution in [1.82, 2.24) is 20.2 Å². The molecule has 6 heteroatoms. The van der Waals surface area contributed by atoms with E-state index in [1.807, 2.05) is 62.4 Å². The van der Waals surface area contributed by atoms with Crippen LogP contribution >= 0.6 is 0 Å². The number of aryl methyl sites for hydroxylation is 1. The largest absolute Gasteiger partial charge is 0.340 e. The van der Waals surface area contributed by atoms with E-state index in [2.05, 4.69) is 15.3 Å². The van der Waals surface area contributed by atoms with Crippen LogP contribution in [0.4, 0.5) is 4.79 Å². The summed E-state index contributed by atoms with van der Waals surface area (Å²) in [7, 11) is 0. The van der Waals surface area contributed by atoms with Crippen LogP contribution in [-0.2, 0) is 4.79 Å². The smallest absolute Gasteiger partial charge is 0.325 e. The number of hydrogen-bond donors (Lipinski definition) is 2. The molecule has 1 aromatic heterocycles. The maximum absolute atomic E-state index is 12.4. The van der Waals surface area contributed by atoms with Gasteiger partial charge in [0.2, 0.25) is 0 Å². The Kier molecular flexibility index (Phi) is 3.95. The van der Waals surface area contributed by atoms with Crippen molar-refractivity contribution in [2.75, 3.05) is 6.54 Å². The van der Waals surface area contributed by atoms with Gasteiger partial charge in [-0.1, -0.05) is 43.3 Å². The fraction of sp³-hybridized carbons (Fsp3) is 0.250. The molecule has 0 saturated carbocycles. The first kappa shape index (κ1) is 16.3. The molecule has 1 aliphatic rings. The second-order valence-corrected chi connectivity index (χ2v) is 6.71. The SMILES string of the molecule is Cc1ccc2nc([C@H]([C@@H](C)c3ccccc3)N3C(=O)CNC3=O)[nH]c2c1. The second kappa shape index (κ2) is 6.29. The number of carbonyl (C=O) groups excluding carboxylic acids is 2. The Morgan fingerprint density at radius 3 is 2.58 bits per heavy atom. The van der Waals surface area contributed by atoms with Crippen molar-refractivity contribution in [2.24, 2.45) is 0 Å². The highest BCUT2D eigenvalue weighted by molar-refractivity contribution is 6.02. The number of imide groups is 1. The normalized spacial score (nSPS) is 16.8. The number of aromatic nitrogens is 2. The molecule has 1 saturated heterocycles. The lowest BCUT2D eigenvalue weighted by molar-refractivity contribution is -0.127. The molecular weight excluding hydrogens is 328 g/mol. The lowest BCUT2D eigenvalue weighted by atomic mass is 9.91. The molecule has 3 amide bonds. The predicted octanol–water partition coefficient (Wildman–Crippen LogP) is 3.27. The average molecular weight is 348 g/mol. The summed E-state index contributed by atoms with van der Waals surface area (Å²) in [4.78, 5) is 34.1. The van der Waals surface area contributed by atoms with E-state index in [1.165, 1.54) is 4.90 Å². The molecule has 6 nitrogen and oxygen atoms in total. The Morgan fingerprint density at radius 1 is 1.12 bits per heavy atom. The summed E-state index contributed by atoms with van der Waals surface area (Å²) in [6.45, 7) is 4.05. The molecule has 2 atom stereocenters. The van der Waals surface area contributed by atoms with Crippen LogP contribution in [0, 0.1) is 6.92 Å². The molecule has 2 N–H and O–H groups in total. The molecule has 1 aliphatic heterocycles. The average Bonchev–Trinajstić information content (AvgIpc) is 3.20. The monoisotopic (exact) mass is 348 g/mol. The number of nitrogens with one attached hydrogen (secondary N) is 2. The first-order valence-electron chi connectivity index (χ1n) is 8.65. The zero-order chi connectivity index (χ0) is 18.3. The fourth-order valence-corrected chi connectivity index (χ4v) is 3.52. The highest BCUT2D eigenvalue weighted by Crippen LogP contribution is 2.36. The van der Waals surface area contributed by atoms with E-state index in [9.17, 15) is 9.59 Å². The Labute approximate surface area is 151 Å². The number of carbonyl (C=O) groups is 2. The molecule has 3 aromatic rings. The van der Waals surface area contributed by atoms with Crippen LogP contribution in [-0.4, -0.2) is 33.4 Å². The summed E-state index contributed by atoms with van der Waals surface area (Å²) in [5.74, 6) is 0.275. The molecule has 0 radical (unpaired) electrons. The number of fused-ring (bicyclic) bond motifs is 1. The van der Waals surface area contributed by atoms with Gasteiger partial charge >= 0.3 is 6.03 Å². The molecule has 2 heterocycles. The van der Waals surface area contributed by atoms with Crippen molar-refractivity contribution in [1.29, 1.82) is 0 Å². The number of benzene rings is 2. The van der Waals surface area contributed by atoms with Gasteiger partial charge in [0, 0.05) is 5.92 Å². The van der Waals surface area contributed by atoms with Crippen molar-refractivity contribution in [3.8, 4) is 0 Å². The fourth-order valence-electron chi connectivity index (χ4n) is 3.52. The number of nitrogens with zero attached hydrogens (tertiary/aromatic N) is 2. The van der Waals surface area contributed by atoms with Gasteiger partial charge in [0.25, 0.3) is 5.91 Å². The molecule has 0 aliphatic carbocycles. The lowest BCUT2D eigenvalue weighted by Gasteiger charge is -2.29. The van der Waals surface area contributed by atoms with Gasteiger partial charge in [-0.05, 0) is 30.2 Å². The topological polar surface area (TPSA) is 78.1 Å². The van der Waals surface area contributed by atoms with E-state index in [-0.39, 0.29) is 24.4 Å². The summed E-state index contributed by atoms with van der Waals surface area (Å²) in [6, 6.07) is 14.9. The van der Waals surface area contributed by atoms with Gasteiger partial charge in [0.15, 0.2) is 0 Å². The Hall–Kier alpha value is -3.15. The second-order valence-electron chi connectivity index (χ2n) is 6.71. The van der Waals surface area contributed by atoms with Gasteiger partial charge in [0.1, 0.15) is 11.9 Å². The first-order chi connectivity index (χ1) is 12.5. The molecule has 0 unspecified atom stereocenters. The van der Waals surface area contributed by atoms with E-state index in [0.717, 1.165) is 22.2 Å². The summed E-state index contributed by atoms with van der Waals surface area (Å²) in [6.07, 6.45) is 0. The molecule has 2 aromatic carbocycles. The van der Waals surface area contributed by atoms with Crippen molar-refractivity contribution in [3.05, 3.63) is 65.5 Å². The summed E-state index contributed by atoms with van der Waals surface area (Å²) >= 11 is 0. The van der Waals surface area contributed by atoms with E-state index >= 15 is 0 Å². The minimum Gasteiger partial charge on any atom is -0.340 e. The number of rotatable bonds is 4. The third-order valence-electron chi connectivity index (χ3n) is 4.89. The van der Waals surface area contributed by atoms with Gasteiger partial charge < -0.3 is 10.3 Å². The summed E-state index contributed by atoms with van der Waals surface area (Å²) < 4.78 is 0. The Morgan fingerprint density at radius 2 is 1.88 bits per heavy atom. The quantitative estimate of drug-likeness (QED) is 0.710. The number of aromatic amines is 1. The van der Waals surface area contributed by atoms with Crippen LogP contribution in [0.2, 0.25) is 0 Å². The minimum atomic E-state index is -0.500. The predicted molar refractivity (Wildman–Crippen MR) is 98.7 cm³/mol. The molecule has 0 bridgehead atoms. The standard InChI is InChI=1S/C20H20N4O2/c1-12-8-9-15-16(10-12)23-19(22-15)18(24-17(25)11-21-20(24)26)13(2)14-6-4-3-5-7-14/h3-10,13,18H,11H2,1-2H3,(H,21,26)(H,22,23)/t13-,18-/m0/s1. The summed E-state index contributed by atoms with van der Waals surface area (Å²) in [5.41, 5.74) is 3.89. The van der Waals surface area contributed by atoms with Crippen LogP contribution in [0.15, 0.2) is 48.5 Å². The third kappa shape index (κ3) is 2.73. The number of imidazole rings is 1. The van der Waals surface area contributed by atoms with Crippen LogP contribution in [0.25, 0.3) is 11.0 Å². The number of amides is 3. The minimum absolute atomic E-state index is 0.0240. The highest BCUT2D eigenvalue weighted by Gasteiger charge is 2.40. The maximum atomic E-state index is 12.4. The van der Waals surface area contributed by atoms with Crippen molar-refractivity contribution >= 4 is 23.0 Å². The maximum Gasteiger partial charge on any atom is 0.325 e. The number of hydrogen-bond acceptors (Lipinski definition) is 3. The van der Waals surface area contributed by atoms with Crippen molar-refractivity contribution < 1.29 is 9.59 Å². The van der Waals surface area contributed by atoms with Gasteiger partial charge in [0.05, 0.1) is 17.6 Å². The lowest BCUT2D eigenvalue weighted by Crippen LogP contribution is -2.38. The Balaban J connectivity index is 1.83. The van der Waals surface area contributed by atoms with Crippen LogP contribution in [0.3, 0.4) is 0 Å². The molecule has 132 valence electrons. The van der Waals surface area contributed by atoms with Crippen LogP contribution < -0.4 is 5.32 Å². The van der Waals surface area contributed by atoms with Gasteiger partial charge in [-0.25, -0.2) is 9.78 Å². The van der Waals surface area contributed by atoms with E-state index in [1.54, 1.807) is 0 Å². The Bertz CT molecular complexity index is 964. The first-order valence-corrected chi connectivity index (χ1v) is 8.65. The molecule has 0 spiro atoms. The molecular formula is C20H20N4O2. The van der Waals surface area contributed by atoms with Crippen LogP contribution in [0.1, 0.15) is 35.8 Å². The zero-order valence-corrected chi connectivity index (χ0v) is 14.7. The van der Waals surface area contributed by atoms with Gasteiger partial charge in [-0.3, -0.25) is 9.69 Å².